The fraction of sp³-hybridized carbons (Fsp3) is 1.00. The molecule has 89 valence electrons. The van der Waals surface area contributed by atoms with E-state index in [0.29, 0.717) is 6.10 Å². The molecule has 0 bridgehead atoms. The van der Waals surface area contributed by atoms with E-state index < -0.39 is 0 Å². The van der Waals surface area contributed by atoms with Crippen LogP contribution in [0.2, 0.25) is 0 Å². The summed E-state index contributed by atoms with van der Waals surface area (Å²) in [5.74, 6) is 0.881. The third-order valence-electron chi connectivity index (χ3n) is 3.19. The van der Waals surface area contributed by atoms with Gasteiger partial charge in [0.1, 0.15) is 0 Å². The number of rotatable bonds is 10. The van der Waals surface area contributed by atoms with E-state index in [1.807, 2.05) is 20.8 Å². The maximum absolute atomic E-state index is 5.56. The van der Waals surface area contributed by atoms with Crippen molar-refractivity contribution >= 4 is 0 Å². The maximum atomic E-state index is 5.56. The van der Waals surface area contributed by atoms with Crippen LogP contribution < -0.4 is 0 Å². The normalized spacial score (nSPS) is 15.1. The van der Waals surface area contributed by atoms with Gasteiger partial charge in [0, 0.05) is 0 Å². The first-order valence-electron chi connectivity index (χ1n) is 6.60. The zero-order valence-electron chi connectivity index (χ0n) is 10.7. The third-order valence-corrected chi connectivity index (χ3v) is 3.71. The van der Waals surface area contributed by atoms with Crippen LogP contribution in [0, 0.1) is 5.92 Å². The molecule has 0 saturated carbocycles. The van der Waals surface area contributed by atoms with E-state index >= 15 is 0 Å². The van der Waals surface area contributed by atoms with Gasteiger partial charge in [-0.25, -0.2) is 0 Å². The van der Waals surface area contributed by atoms with Crippen molar-refractivity contribution in [1.82, 2.24) is 0 Å². The zero-order chi connectivity index (χ0) is 11.5. The van der Waals surface area contributed by atoms with Crippen LogP contribution in [0.3, 0.4) is 0 Å². The third kappa shape index (κ3) is 8.48. The van der Waals surface area contributed by atoms with Crippen LogP contribution in [-0.2, 0) is 24.1 Å². The van der Waals surface area contributed by atoms with Gasteiger partial charge in [0.15, 0.2) is 0 Å². The van der Waals surface area contributed by atoms with Crippen LogP contribution in [0.5, 0.6) is 0 Å². The summed E-state index contributed by atoms with van der Waals surface area (Å²) in [7, 11) is 0. The molecule has 0 fully saturated rings. The Labute approximate surface area is 108 Å². The monoisotopic (exact) mass is 247 g/mol. The SMILES string of the molecule is CCCCC(CC)CC(CCCC)[O][Ti]. The molecule has 2 unspecified atom stereocenters. The Morgan fingerprint density at radius 2 is 1.60 bits per heavy atom. The molecule has 15 heavy (non-hydrogen) atoms. The molecule has 0 spiro atoms. The molecule has 0 radical (unpaired) electrons. The molecular formula is C13H27OTi. The van der Waals surface area contributed by atoms with Crippen molar-refractivity contribution in [3.63, 3.8) is 0 Å². The predicted molar refractivity (Wildman–Crippen MR) is 62.3 cm³/mol. The first kappa shape index (κ1) is 15.7. The molecule has 0 aliphatic rings. The van der Waals surface area contributed by atoms with E-state index in [4.69, 9.17) is 3.32 Å². The summed E-state index contributed by atoms with van der Waals surface area (Å²) in [5, 5.41) is 0. The summed E-state index contributed by atoms with van der Waals surface area (Å²) >= 11 is 1.87. The van der Waals surface area contributed by atoms with Crippen molar-refractivity contribution in [3.05, 3.63) is 0 Å². The van der Waals surface area contributed by atoms with Crippen molar-refractivity contribution in [2.45, 2.75) is 78.2 Å². The Morgan fingerprint density at radius 1 is 1.00 bits per heavy atom. The molecule has 0 aromatic rings. The molecule has 0 aliphatic heterocycles. The predicted octanol–water partition coefficient (Wildman–Crippen LogP) is 4.63. The van der Waals surface area contributed by atoms with E-state index in [1.165, 1.54) is 51.4 Å². The van der Waals surface area contributed by atoms with Gasteiger partial charge in [0.05, 0.1) is 0 Å². The minimum absolute atomic E-state index is 0.506. The first-order valence-corrected chi connectivity index (χ1v) is 7.24. The zero-order valence-corrected chi connectivity index (χ0v) is 12.3. The molecule has 2 atom stereocenters. The van der Waals surface area contributed by atoms with Crippen LogP contribution in [0.25, 0.3) is 0 Å². The second-order valence-electron chi connectivity index (χ2n) is 4.53. The van der Waals surface area contributed by atoms with Gasteiger partial charge in [-0.2, -0.15) is 0 Å². The van der Waals surface area contributed by atoms with Crippen molar-refractivity contribution in [2.24, 2.45) is 5.92 Å². The van der Waals surface area contributed by atoms with Crippen LogP contribution in [-0.4, -0.2) is 6.10 Å². The molecule has 2 heteroatoms. The summed E-state index contributed by atoms with van der Waals surface area (Å²) in [6.45, 7) is 6.84. The van der Waals surface area contributed by atoms with Gasteiger partial charge in [-0.15, -0.1) is 0 Å². The molecule has 0 saturated heterocycles. The van der Waals surface area contributed by atoms with Crippen molar-refractivity contribution in [2.75, 3.05) is 0 Å². The van der Waals surface area contributed by atoms with Crippen molar-refractivity contribution in [3.8, 4) is 0 Å². The van der Waals surface area contributed by atoms with Crippen LogP contribution in [0.4, 0.5) is 0 Å². The molecule has 0 rings (SSSR count). The van der Waals surface area contributed by atoms with E-state index in [2.05, 4.69) is 20.8 Å². The topological polar surface area (TPSA) is 9.23 Å². The Hall–Kier alpha value is 0.674. The average molecular weight is 247 g/mol. The molecule has 0 aromatic carbocycles. The molecule has 0 aromatic heterocycles. The van der Waals surface area contributed by atoms with Crippen LogP contribution >= 0.6 is 0 Å². The summed E-state index contributed by atoms with van der Waals surface area (Å²) < 4.78 is 5.56. The van der Waals surface area contributed by atoms with Gasteiger partial charge in [-0.3, -0.25) is 0 Å². The molecular weight excluding hydrogens is 220 g/mol. The fourth-order valence-electron chi connectivity index (χ4n) is 2.01. The van der Waals surface area contributed by atoms with Crippen molar-refractivity contribution in [1.29, 1.82) is 0 Å². The summed E-state index contributed by atoms with van der Waals surface area (Å²) in [5.41, 5.74) is 0. The van der Waals surface area contributed by atoms with Gasteiger partial charge in [0.2, 0.25) is 0 Å². The molecule has 0 N–H and O–H groups in total. The summed E-state index contributed by atoms with van der Waals surface area (Å²) in [4.78, 5) is 0. The van der Waals surface area contributed by atoms with Gasteiger partial charge in [-0.05, 0) is 0 Å². The summed E-state index contributed by atoms with van der Waals surface area (Å²) in [6.07, 6.45) is 11.0. The quantitative estimate of drug-likeness (QED) is 0.511. The first-order chi connectivity index (χ1) is 7.28. The van der Waals surface area contributed by atoms with E-state index in [9.17, 15) is 0 Å². The number of hydrogen-bond acceptors (Lipinski definition) is 1. The van der Waals surface area contributed by atoms with Gasteiger partial charge < -0.3 is 0 Å². The Balaban J connectivity index is 3.77. The van der Waals surface area contributed by atoms with E-state index in [-0.39, 0.29) is 0 Å². The van der Waals surface area contributed by atoms with Crippen LogP contribution in [0.1, 0.15) is 72.1 Å². The van der Waals surface area contributed by atoms with E-state index in [0.717, 1.165) is 5.92 Å². The van der Waals surface area contributed by atoms with Gasteiger partial charge in [0.25, 0.3) is 0 Å². The molecule has 0 amide bonds. The second-order valence-corrected chi connectivity index (χ2v) is 4.90. The van der Waals surface area contributed by atoms with Gasteiger partial charge in [-0.1, -0.05) is 0 Å². The van der Waals surface area contributed by atoms with Crippen molar-refractivity contribution < 1.29 is 24.1 Å². The fourth-order valence-corrected chi connectivity index (χ4v) is 2.34. The molecule has 0 heterocycles. The standard InChI is InChI=1S/C13H27O.Ti/c1-4-7-9-12(6-3)11-13(14)10-8-5-2;/h12-13H,4-11H2,1-3H3;/q-1;+1. The summed E-state index contributed by atoms with van der Waals surface area (Å²) in [6, 6.07) is 0. The van der Waals surface area contributed by atoms with Crippen LogP contribution in [0.15, 0.2) is 0 Å². The Kier molecular flexibility index (Phi) is 11.7. The molecule has 0 aliphatic carbocycles. The number of hydrogen-bond donors (Lipinski definition) is 0. The number of unbranched alkanes of at least 4 members (excludes halogenated alkanes) is 2. The Morgan fingerprint density at radius 3 is 2.07 bits per heavy atom. The second kappa shape index (κ2) is 11.2. The minimum atomic E-state index is 0.506. The molecule has 1 nitrogen and oxygen atoms in total. The van der Waals surface area contributed by atoms with E-state index in [1.54, 1.807) is 0 Å². The van der Waals surface area contributed by atoms with Gasteiger partial charge >= 0.3 is 108 Å². The Bertz CT molecular complexity index is 114. The average Bonchev–Trinajstić information content (AvgIpc) is 2.28.